The van der Waals surface area contributed by atoms with Gasteiger partial charge in [0.25, 0.3) is 0 Å². The predicted octanol–water partition coefficient (Wildman–Crippen LogP) is 3.82. The van der Waals surface area contributed by atoms with E-state index in [0.29, 0.717) is 0 Å². The summed E-state index contributed by atoms with van der Waals surface area (Å²) in [5, 5.41) is 12.8. The van der Waals surface area contributed by atoms with Gasteiger partial charge in [0.1, 0.15) is 11.5 Å². The zero-order chi connectivity index (χ0) is 21.6. The van der Waals surface area contributed by atoms with Gasteiger partial charge in [-0.2, -0.15) is 0 Å². The van der Waals surface area contributed by atoms with Gasteiger partial charge in [0.05, 0.1) is 18.0 Å². The lowest BCUT2D eigenvalue weighted by molar-refractivity contribution is -0.114. The summed E-state index contributed by atoms with van der Waals surface area (Å²) < 4.78 is 6.15. The topological polar surface area (TPSA) is 65.0 Å². The van der Waals surface area contributed by atoms with Crippen LogP contribution in [0, 0.1) is 0 Å². The molecule has 166 valence electrons. The van der Waals surface area contributed by atoms with E-state index in [2.05, 4.69) is 33.3 Å². The van der Waals surface area contributed by atoms with Crippen molar-refractivity contribution in [2.75, 3.05) is 49.5 Å². The van der Waals surface area contributed by atoms with Crippen molar-refractivity contribution in [1.82, 2.24) is 4.90 Å². The molecule has 6 heteroatoms. The number of carbonyl (C=O) groups is 1. The lowest BCUT2D eigenvalue weighted by Gasteiger charge is -2.37. The van der Waals surface area contributed by atoms with Crippen LogP contribution in [0.4, 0.5) is 11.4 Å². The number of anilines is 2. The van der Waals surface area contributed by atoms with Crippen LogP contribution >= 0.6 is 0 Å². The molecule has 0 unspecified atom stereocenters. The molecule has 1 saturated heterocycles. The lowest BCUT2D eigenvalue weighted by Crippen LogP contribution is -2.47. The number of phenolic OH excluding ortho intramolecular Hbond substituents is 1. The van der Waals surface area contributed by atoms with Gasteiger partial charge in [-0.1, -0.05) is 12.1 Å². The molecule has 2 N–H and O–H groups in total. The normalized spacial score (nSPS) is 16.6. The van der Waals surface area contributed by atoms with Crippen LogP contribution in [-0.2, 0) is 17.6 Å². The largest absolute Gasteiger partial charge is 0.508 e. The molecular weight excluding hydrogens is 390 g/mol. The van der Waals surface area contributed by atoms with Crippen molar-refractivity contribution in [3.05, 3.63) is 47.5 Å². The first-order valence-electron chi connectivity index (χ1n) is 11.4. The zero-order valence-corrected chi connectivity index (χ0v) is 18.4. The molecule has 1 fully saturated rings. The van der Waals surface area contributed by atoms with Gasteiger partial charge in [-0.05, 0) is 61.4 Å². The second-order valence-electron chi connectivity index (χ2n) is 8.51. The fraction of sp³-hybridized carbons (Fsp3) is 0.480. The summed E-state index contributed by atoms with van der Waals surface area (Å²) >= 11 is 0. The summed E-state index contributed by atoms with van der Waals surface area (Å²) in [5.41, 5.74) is 4.51. The van der Waals surface area contributed by atoms with Gasteiger partial charge in [-0.3, -0.25) is 9.69 Å². The molecule has 31 heavy (non-hydrogen) atoms. The molecule has 4 rings (SSSR count). The number of phenols is 1. The van der Waals surface area contributed by atoms with Gasteiger partial charge in [-0.25, -0.2) is 0 Å². The Balaban J connectivity index is 1.24. The number of fused-ring (bicyclic) bond motifs is 1. The number of nitrogens with zero attached hydrogens (tertiary/aromatic N) is 2. The quantitative estimate of drug-likeness (QED) is 0.524. The number of hydrogen-bond acceptors (Lipinski definition) is 5. The van der Waals surface area contributed by atoms with Crippen LogP contribution in [0.25, 0.3) is 0 Å². The van der Waals surface area contributed by atoms with Gasteiger partial charge in [-0.15, -0.1) is 0 Å². The predicted molar refractivity (Wildman–Crippen MR) is 124 cm³/mol. The molecule has 2 aliphatic rings. The van der Waals surface area contributed by atoms with Crippen LogP contribution in [-0.4, -0.2) is 55.2 Å². The fourth-order valence-corrected chi connectivity index (χ4v) is 4.64. The smallest absolute Gasteiger partial charge is 0.221 e. The molecule has 1 aliphatic heterocycles. The standard InChI is InChI=1S/C25H33N3O3/c1-19(29)26-23-11-10-21(30)18-24(23)28-15-13-27(14-16-28)12-5-17-31-25-9-4-7-20-6-2-3-8-22(20)25/h4,7,9-11,18,30H,2-3,5-6,8,12-17H2,1H3,(H,26,29). The molecule has 0 bridgehead atoms. The average molecular weight is 424 g/mol. The monoisotopic (exact) mass is 423 g/mol. The van der Waals surface area contributed by atoms with E-state index in [4.69, 9.17) is 4.74 Å². The first-order chi connectivity index (χ1) is 15.1. The summed E-state index contributed by atoms with van der Waals surface area (Å²) in [4.78, 5) is 16.2. The van der Waals surface area contributed by atoms with E-state index in [1.54, 1.807) is 18.2 Å². The number of benzene rings is 2. The number of rotatable bonds is 7. The Bertz CT molecular complexity index is 907. The molecule has 0 radical (unpaired) electrons. The maximum absolute atomic E-state index is 11.5. The van der Waals surface area contributed by atoms with Gasteiger partial charge in [0, 0.05) is 45.7 Å². The molecule has 0 aromatic heterocycles. The van der Waals surface area contributed by atoms with Crippen molar-refractivity contribution in [1.29, 1.82) is 0 Å². The van der Waals surface area contributed by atoms with Crippen LogP contribution in [0.15, 0.2) is 36.4 Å². The zero-order valence-electron chi connectivity index (χ0n) is 18.4. The number of nitrogens with one attached hydrogen (secondary N) is 1. The number of ether oxygens (including phenoxy) is 1. The second-order valence-corrected chi connectivity index (χ2v) is 8.51. The number of aryl methyl sites for hydroxylation is 1. The van der Waals surface area contributed by atoms with Crippen molar-refractivity contribution in [3.8, 4) is 11.5 Å². The summed E-state index contributed by atoms with van der Waals surface area (Å²) in [6.07, 6.45) is 5.88. The number of carbonyl (C=O) groups excluding carboxylic acids is 1. The minimum atomic E-state index is -0.106. The summed E-state index contributed by atoms with van der Waals surface area (Å²) in [5.74, 6) is 1.19. The number of amides is 1. The molecule has 2 aromatic carbocycles. The van der Waals surface area contributed by atoms with Crippen molar-refractivity contribution >= 4 is 17.3 Å². The Kier molecular flexibility index (Phi) is 6.97. The Hall–Kier alpha value is -2.73. The molecule has 0 spiro atoms. The van der Waals surface area contributed by atoms with Crippen LogP contribution < -0.4 is 15.0 Å². The highest BCUT2D eigenvalue weighted by molar-refractivity contribution is 5.93. The lowest BCUT2D eigenvalue weighted by atomic mass is 9.91. The van der Waals surface area contributed by atoms with Gasteiger partial charge < -0.3 is 20.1 Å². The third-order valence-electron chi connectivity index (χ3n) is 6.23. The number of piperazine rings is 1. The van der Waals surface area contributed by atoms with E-state index in [-0.39, 0.29) is 11.7 Å². The molecule has 1 aliphatic carbocycles. The summed E-state index contributed by atoms with van der Waals surface area (Å²) in [6.45, 7) is 6.90. The fourth-order valence-electron chi connectivity index (χ4n) is 4.64. The van der Waals surface area contributed by atoms with E-state index >= 15 is 0 Å². The van der Waals surface area contributed by atoms with Crippen molar-refractivity contribution < 1.29 is 14.6 Å². The van der Waals surface area contributed by atoms with Gasteiger partial charge in [0.15, 0.2) is 0 Å². The molecular formula is C25H33N3O3. The van der Waals surface area contributed by atoms with Crippen molar-refractivity contribution in [3.63, 3.8) is 0 Å². The minimum Gasteiger partial charge on any atom is -0.508 e. The Labute approximate surface area is 184 Å². The van der Waals surface area contributed by atoms with Crippen LogP contribution in [0.2, 0.25) is 0 Å². The molecule has 6 nitrogen and oxygen atoms in total. The van der Waals surface area contributed by atoms with Crippen LogP contribution in [0.1, 0.15) is 37.3 Å². The third kappa shape index (κ3) is 5.50. The van der Waals surface area contributed by atoms with E-state index in [1.165, 1.54) is 37.3 Å². The van der Waals surface area contributed by atoms with Gasteiger partial charge >= 0.3 is 0 Å². The van der Waals surface area contributed by atoms with Crippen molar-refractivity contribution in [2.45, 2.75) is 39.0 Å². The van der Waals surface area contributed by atoms with Crippen LogP contribution in [0.5, 0.6) is 11.5 Å². The van der Waals surface area contributed by atoms with E-state index < -0.39 is 0 Å². The molecule has 0 saturated carbocycles. The van der Waals surface area contributed by atoms with E-state index in [0.717, 1.165) is 69.3 Å². The number of aromatic hydroxyl groups is 1. The molecule has 1 heterocycles. The summed E-state index contributed by atoms with van der Waals surface area (Å²) in [6, 6.07) is 11.6. The Morgan fingerprint density at radius 2 is 1.90 bits per heavy atom. The Morgan fingerprint density at radius 1 is 1.10 bits per heavy atom. The SMILES string of the molecule is CC(=O)Nc1ccc(O)cc1N1CCN(CCCOc2cccc3c2CCCC3)CC1. The maximum atomic E-state index is 11.5. The molecule has 1 amide bonds. The molecule has 0 atom stereocenters. The van der Waals surface area contributed by atoms with Crippen LogP contribution in [0.3, 0.4) is 0 Å². The minimum absolute atomic E-state index is 0.106. The van der Waals surface area contributed by atoms with Crippen molar-refractivity contribution in [2.24, 2.45) is 0 Å². The molecule has 2 aromatic rings. The summed E-state index contributed by atoms with van der Waals surface area (Å²) in [7, 11) is 0. The van der Waals surface area contributed by atoms with E-state index in [1.807, 2.05) is 0 Å². The highest BCUT2D eigenvalue weighted by Crippen LogP contribution is 2.31. The average Bonchev–Trinajstić information content (AvgIpc) is 2.78. The highest BCUT2D eigenvalue weighted by atomic mass is 16.5. The maximum Gasteiger partial charge on any atom is 0.221 e. The Morgan fingerprint density at radius 3 is 2.71 bits per heavy atom. The second kappa shape index (κ2) is 10.1. The first kappa shape index (κ1) is 21.5. The third-order valence-corrected chi connectivity index (χ3v) is 6.23. The van der Waals surface area contributed by atoms with Gasteiger partial charge in [0.2, 0.25) is 5.91 Å². The first-order valence-corrected chi connectivity index (χ1v) is 11.4. The van der Waals surface area contributed by atoms with E-state index in [9.17, 15) is 9.90 Å². The number of hydrogen-bond donors (Lipinski definition) is 2. The highest BCUT2D eigenvalue weighted by Gasteiger charge is 2.20.